The standard InChI is InChI=1S/C24H34BrNO/c1-5-6-7-11-14-22-20(17-24(2,3)25)15-21(27-4)16-23(22)26-18-19-12-9-8-10-13-19/h8-10,12-13,15-16,26H,5-7,11,14,17-18H2,1-4H3. The van der Waals surface area contributed by atoms with Gasteiger partial charge in [0.2, 0.25) is 0 Å². The van der Waals surface area contributed by atoms with Gasteiger partial charge in [-0.25, -0.2) is 0 Å². The number of ether oxygens (including phenoxy) is 1. The number of nitrogens with one attached hydrogen (secondary N) is 1. The molecule has 0 saturated carbocycles. The summed E-state index contributed by atoms with van der Waals surface area (Å²) in [5, 5.41) is 3.68. The second-order valence-corrected chi connectivity index (χ2v) is 10.0. The van der Waals surface area contributed by atoms with Gasteiger partial charge in [0.05, 0.1) is 7.11 Å². The van der Waals surface area contributed by atoms with Gasteiger partial charge in [0, 0.05) is 22.6 Å². The number of alkyl halides is 1. The maximum absolute atomic E-state index is 5.60. The first-order chi connectivity index (χ1) is 12.9. The quantitative estimate of drug-likeness (QED) is 0.301. The highest BCUT2D eigenvalue weighted by Gasteiger charge is 2.19. The molecule has 0 fully saturated rings. The van der Waals surface area contributed by atoms with E-state index in [0.717, 1.165) is 25.1 Å². The first-order valence-corrected chi connectivity index (χ1v) is 10.9. The molecule has 27 heavy (non-hydrogen) atoms. The van der Waals surface area contributed by atoms with Crippen LogP contribution in [0.3, 0.4) is 0 Å². The third kappa shape index (κ3) is 7.57. The molecule has 0 heterocycles. The van der Waals surface area contributed by atoms with Gasteiger partial charge in [0.15, 0.2) is 0 Å². The monoisotopic (exact) mass is 431 g/mol. The van der Waals surface area contributed by atoms with Crippen LogP contribution >= 0.6 is 15.9 Å². The Bertz CT molecular complexity index is 692. The number of hydrogen-bond donors (Lipinski definition) is 1. The van der Waals surface area contributed by atoms with E-state index < -0.39 is 0 Å². The van der Waals surface area contributed by atoms with Crippen LogP contribution in [0.1, 0.15) is 63.1 Å². The van der Waals surface area contributed by atoms with E-state index >= 15 is 0 Å². The zero-order chi connectivity index (χ0) is 19.7. The molecule has 0 aliphatic carbocycles. The van der Waals surface area contributed by atoms with E-state index in [2.05, 4.69) is 84.5 Å². The topological polar surface area (TPSA) is 21.3 Å². The van der Waals surface area contributed by atoms with Crippen molar-refractivity contribution in [3.63, 3.8) is 0 Å². The number of rotatable bonds is 11. The summed E-state index contributed by atoms with van der Waals surface area (Å²) in [6.45, 7) is 7.54. The van der Waals surface area contributed by atoms with E-state index in [9.17, 15) is 0 Å². The lowest BCUT2D eigenvalue weighted by molar-refractivity contribution is 0.414. The predicted molar refractivity (Wildman–Crippen MR) is 121 cm³/mol. The molecule has 0 saturated heterocycles. The molecule has 0 aliphatic heterocycles. The van der Waals surface area contributed by atoms with Crippen LogP contribution in [0, 0.1) is 0 Å². The Morgan fingerprint density at radius 3 is 2.41 bits per heavy atom. The molecule has 3 heteroatoms. The van der Waals surface area contributed by atoms with Crippen molar-refractivity contribution in [2.75, 3.05) is 12.4 Å². The lowest BCUT2D eigenvalue weighted by Gasteiger charge is -2.23. The molecule has 0 bridgehead atoms. The minimum absolute atomic E-state index is 0.0637. The van der Waals surface area contributed by atoms with Gasteiger partial charge in [0.25, 0.3) is 0 Å². The van der Waals surface area contributed by atoms with Crippen molar-refractivity contribution in [2.24, 2.45) is 0 Å². The molecule has 0 atom stereocenters. The lowest BCUT2D eigenvalue weighted by Crippen LogP contribution is -2.16. The second-order valence-electron chi connectivity index (χ2n) is 7.86. The molecule has 0 unspecified atom stereocenters. The van der Waals surface area contributed by atoms with Crippen molar-refractivity contribution in [3.05, 3.63) is 59.2 Å². The van der Waals surface area contributed by atoms with Gasteiger partial charge in [0.1, 0.15) is 5.75 Å². The smallest absolute Gasteiger partial charge is 0.121 e. The number of benzene rings is 2. The number of methoxy groups -OCH3 is 1. The Morgan fingerprint density at radius 1 is 1.04 bits per heavy atom. The minimum Gasteiger partial charge on any atom is -0.497 e. The SMILES string of the molecule is CCCCCCc1c(CC(C)(C)Br)cc(OC)cc1NCc1ccccc1. The maximum atomic E-state index is 5.60. The average molecular weight is 432 g/mol. The van der Waals surface area contributed by atoms with Gasteiger partial charge in [-0.15, -0.1) is 0 Å². The van der Waals surface area contributed by atoms with Crippen LogP contribution in [0.25, 0.3) is 0 Å². The van der Waals surface area contributed by atoms with Crippen molar-refractivity contribution in [1.82, 2.24) is 0 Å². The third-order valence-corrected chi connectivity index (χ3v) is 5.05. The first kappa shape index (κ1) is 21.8. The fourth-order valence-electron chi connectivity index (χ4n) is 3.41. The van der Waals surface area contributed by atoms with Crippen LogP contribution in [0.5, 0.6) is 5.75 Å². The van der Waals surface area contributed by atoms with Gasteiger partial charge in [-0.05, 0) is 55.9 Å². The van der Waals surface area contributed by atoms with E-state index in [-0.39, 0.29) is 4.32 Å². The fraction of sp³-hybridized carbons (Fsp3) is 0.500. The summed E-state index contributed by atoms with van der Waals surface area (Å²) in [4.78, 5) is 0. The van der Waals surface area contributed by atoms with Crippen LogP contribution in [-0.2, 0) is 19.4 Å². The molecule has 1 N–H and O–H groups in total. The van der Waals surface area contributed by atoms with Gasteiger partial charge in [-0.3, -0.25) is 0 Å². The summed E-state index contributed by atoms with van der Waals surface area (Å²) < 4.78 is 5.67. The van der Waals surface area contributed by atoms with E-state index in [4.69, 9.17) is 4.74 Å². The molecule has 0 aliphatic rings. The van der Waals surface area contributed by atoms with Crippen LogP contribution in [0.4, 0.5) is 5.69 Å². The minimum atomic E-state index is 0.0637. The largest absolute Gasteiger partial charge is 0.497 e. The van der Waals surface area contributed by atoms with E-state index in [0.29, 0.717) is 0 Å². The van der Waals surface area contributed by atoms with Crippen LogP contribution in [0.2, 0.25) is 0 Å². The highest BCUT2D eigenvalue weighted by Crippen LogP contribution is 2.33. The van der Waals surface area contributed by atoms with Gasteiger partial charge >= 0.3 is 0 Å². The highest BCUT2D eigenvalue weighted by molar-refractivity contribution is 9.10. The summed E-state index contributed by atoms with van der Waals surface area (Å²) in [7, 11) is 1.75. The van der Waals surface area contributed by atoms with Crippen molar-refractivity contribution in [2.45, 2.75) is 70.2 Å². The molecule has 0 amide bonds. The number of unbranched alkanes of at least 4 members (excludes halogenated alkanes) is 3. The summed E-state index contributed by atoms with van der Waals surface area (Å²) in [6, 6.07) is 14.9. The molecule has 2 rings (SSSR count). The fourth-order valence-corrected chi connectivity index (χ4v) is 3.71. The van der Waals surface area contributed by atoms with Crippen molar-refractivity contribution in [1.29, 1.82) is 0 Å². The molecule has 2 aromatic carbocycles. The summed E-state index contributed by atoms with van der Waals surface area (Å²) >= 11 is 3.83. The van der Waals surface area contributed by atoms with E-state index in [1.165, 1.54) is 48.1 Å². The molecule has 2 nitrogen and oxygen atoms in total. The number of hydrogen-bond acceptors (Lipinski definition) is 2. The second kappa shape index (κ2) is 10.8. The average Bonchev–Trinajstić information content (AvgIpc) is 2.64. The molecule has 0 radical (unpaired) electrons. The van der Waals surface area contributed by atoms with Crippen LogP contribution in [0.15, 0.2) is 42.5 Å². The van der Waals surface area contributed by atoms with Gasteiger partial charge in [-0.1, -0.05) is 72.4 Å². The van der Waals surface area contributed by atoms with Crippen molar-refractivity contribution < 1.29 is 4.74 Å². The first-order valence-electron chi connectivity index (χ1n) is 10.1. The summed E-state index contributed by atoms with van der Waals surface area (Å²) in [5.41, 5.74) is 5.32. The van der Waals surface area contributed by atoms with Gasteiger partial charge < -0.3 is 10.1 Å². The zero-order valence-corrected chi connectivity index (χ0v) is 18.9. The molecular formula is C24H34BrNO. The molecule has 2 aromatic rings. The molecule has 148 valence electrons. The number of halogens is 1. The van der Waals surface area contributed by atoms with E-state index in [1.54, 1.807) is 7.11 Å². The van der Waals surface area contributed by atoms with Crippen LogP contribution in [-0.4, -0.2) is 11.4 Å². The van der Waals surface area contributed by atoms with Crippen molar-refractivity contribution in [3.8, 4) is 5.75 Å². The number of anilines is 1. The van der Waals surface area contributed by atoms with Gasteiger partial charge in [-0.2, -0.15) is 0 Å². The zero-order valence-electron chi connectivity index (χ0n) is 17.3. The Labute approximate surface area is 173 Å². The normalized spacial score (nSPS) is 11.4. The Morgan fingerprint density at radius 2 is 1.78 bits per heavy atom. The lowest BCUT2D eigenvalue weighted by atomic mass is 9.92. The van der Waals surface area contributed by atoms with Crippen molar-refractivity contribution >= 4 is 21.6 Å². The Balaban J connectivity index is 2.29. The predicted octanol–water partition coefficient (Wildman–Crippen LogP) is 7.15. The Hall–Kier alpha value is -1.48. The molecule has 0 aromatic heterocycles. The summed E-state index contributed by atoms with van der Waals surface area (Å²) in [5.74, 6) is 0.926. The third-order valence-electron chi connectivity index (χ3n) is 4.77. The highest BCUT2D eigenvalue weighted by atomic mass is 79.9. The molecule has 0 spiro atoms. The molecular weight excluding hydrogens is 398 g/mol. The Kier molecular flexibility index (Phi) is 8.69. The summed E-state index contributed by atoms with van der Waals surface area (Å²) in [6.07, 6.45) is 7.19. The maximum Gasteiger partial charge on any atom is 0.121 e. The van der Waals surface area contributed by atoms with E-state index in [1.807, 2.05) is 0 Å². The van der Waals surface area contributed by atoms with Crippen LogP contribution < -0.4 is 10.1 Å².